The Labute approximate surface area is 172 Å². The average molecular weight is 423 g/mol. The topological polar surface area (TPSA) is 110 Å². The molecule has 0 aliphatic heterocycles. The maximum absolute atomic E-state index is 12.5. The second kappa shape index (κ2) is 9.43. The van der Waals surface area contributed by atoms with Crippen LogP contribution >= 0.6 is 23.2 Å². The summed E-state index contributed by atoms with van der Waals surface area (Å²) in [5, 5.41) is 14.1. The molecule has 0 saturated heterocycles. The van der Waals surface area contributed by atoms with Gasteiger partial charge in [0.2, 0.25) is 0 Å². The number of hydrogen-bond donors (Lipinski definition) is 3. The third-order valence-corrected chi connectivity index (χ3v) is 4.39. The third kappa shape index (κ3) is 5.61. The number of carbonyl (C=O) groups is 3. The zero-order valence-electron chi connectivity index (χ0n) is 15.1. The lowest BCUT2D eigenvalue weighted by Crippen LogP contribution is -2.51. The molecule has 2 aromatic rings. The van der Waals surface area contributed by atoms with Crippen LogP contribution in [0.4, 0.5) is 5.69 Å². The van der Waals surface area contributed by atoms with Gasteiger partial charge in [0.25, 0.3) is 11.8 Å². The number of amides is 2. The highest BCUT2D eigenvalue weighted by molar-refractivity contribution is 6.36. The van der Waals surface area contributed by atoms with Gasteiger partial charge in [-0.25, -0.2) is 0 Å². The van der Waals surface area contributed by atoms with Crippen LogP contribution in [0.25, 0.3) is 0 Å². The molecular formula is C19H18Cl2N3O4-. The molecule has 0 fully saturated rings. The van der Waals surface area contributed by atoms with Crippen molar-refractivity contribution in [2.45, 2.75) is 19.9 Å². The van der Waals surface area contributed by atoms with Gasteiger partial charge < -0.3 is 15.2 Å². The van der Waals surface area contributed by atoms with Crippen LogP contribution in [0.15, 0.2) is 42.5 Å². The van der Waals surface area contributed by atoms with E-state index in [9.17, 15) is 19.5 Å². The van der Waals surface area contributed by atoms with E-state index >= 15 is 0 Å². The van der Waals surface area contributed by atoms with Crippen LogP contribution in [0.3, 0.4) is 0 Å². The Morgan fingerprint density at radius 3 is 2.36 bits per heavy atom. The molecule has 0 bridgehead atoms. The molecule has 0 radical (unpaired) electrons. The van der Waals surface area contributed by atoms with Crippen molar-refractivity contribution >= 4 is 46.7 Å². The van der Waals surface area contributed by atoms with Gasteiger partial charge in [-0.05, 0) is 41.8 Å². The second-order valence-corrected chi connectivity index (χ2v) is 7.15. The Morgan fingerprint density at radius 2 is 1.75 bits per heavy atom. The Kier molecular flexibility index (Phi) is 7.25. The number of anilines is 1. The van der Waals surface area contributed by atoms with Crippen molar-refractivity contribution in [2.24, 2.45) is 5.92 Å². The number of nitrogens with one attached hydrogen (secondary N) is 3. The summed E-state index contributed by atoms with van der Waals surface area (Å²) in [4.78, 5) is 35.9. The lowest BCUT2D eigenvalue weighted by atomic mass is 10.0. The normalized spacial score (nSPS) is 11.6. The monoisotopic (exact) mass is 422 g/mol. The Morgan fingerprint density at radius 1 is 1.04 bits per heavy atom. The van der Waals surface area contributed by atoms with Crippen molar-refractivity contribution in [2.75, 3.05) is 5.43 Å². The Balaban J connectivity index is 2.06. The van der Waals surface area contributed by atoms with Crippen molar-refractivity contribution in [1.82, 2.24) is 10.7 Å². The number of aromatic carboxylic acids is 1. The zero-order chi connectivity index (χ0) is 20.8. The van der Waals surface area contributed by atoms with Crippen LogP contribution in [0, 0.1) is 5.92 Å². The van der Waals surface area contributed by atoms with Crippen molar-refractivity contribution < 1.29 is 19.5 Å². The summed E-state index contributed by atoms with van der Waals surface area (Å²) in [6, 6.07) is 9.33. The van der Waals surface area contributed by atoms with Gasteiger partial charge in [0.15, 0.2) is 0 Å². The lowest BCUT2D eigenvalue weighted by Gasteiger charge is -2.22. The predicted molar refractivity (Wildman–Crippen MR) is 105 cm³/mol. The van der Waals surface area contributed by atoms with Crippen LogP contribution in [0.1, 0.15) is 34.6 Å². The van der Waals surface area contributed by atoms with E-state index in [1.165, 1.54) is 36.4 Å². The van der Waals surface area contributed by atoms with Gasteiger partial charge in [-0.1, -0.05) is 49.2 Å². The van der Waals surface area contributed by atoms with Crippen molar-refractivity contribution in [3.63, 3.8) is 0 Å². The number of rotatable bonds is 7. The molecular weight excluding hydrogens is 405 g/mol. The van der Waals surface area contributed by atoms with E-state index in [-0.39, 0.29) is 22.1 Å². The first-order chi connectivity index (χ1) is 13.2. The molecule has 2 rings (SSSR count). The van der Waals surface area contributed by atoms with Gasteiger partial charge in [0, 0.05) is 5.02 Å². The van der Waals surface area contributed by atoms with Gasteiger partial charge >= 0.3 is 0 Å². The largest absolute Gasteiger partial charge is 0.545 e. The molecule has 0 unspecified atom stereocenters. The molecule has 7 nitrogen and oxygen atoms in total. The summed E-state index contributed by atoms with van der Waals surface area (Å²) in [5.74, 6) is -2.59. The van der Waals surface area contributed by atoms with Crippen molar-refractivity contribution in [3.8, 4) is 0 Å². The number of carbonyl (C=O) groups excluding carboxylic acids is 3. The van der Waals surface area contributed by atoms with E-state index in [1.54, 1.807) is 19.9 Å². The molecule has 0 aliphatic rings. The summed E-state index contributed by atoms with van der Waals surface area (Å²) < 4.78 is 0. The van der Waals surface area contributed by atoms with Crippen molar-refractivity contribution in [3.05, 3.63) is 63.6 Å². The summed E-state index contributed by atoms with van der Waals surface area (Å²) >= 11 is 11.9. The molecule has 1 atom stereocenters. The summed E-state index contributed by atoms with van der Waals surface area (Å²) in [6.45, 7) is 3.54. The quantitative estimate of drug-likeness (QED) is 0.592. The van der Waals surface area contributed by atoms with E-state index in [2.05, 4.69) is 16.2 Å². The van der Waals surface area contributed by atoms with E-state index in [0.717, 1.165) is 0 Å². The van der Waals surface area contributed by atoms with Crippen molar-refractivity contribution in [1.29, 1.82) is 0 Å². The van der Waals surface area contributed by atoms with Gasteiger partial charge in [-0.15, -0.1) is 0 Å². The molecule has 28 heavy (non-hydrogen) atoms. The molecule has 2 amide bonds. The fraction of sp³-hybridized carbons (Fsp3) is 0.211. The van der Waals surface area contributed by atoms with Crippen LogP contribution in [-0.4, -0.2) is 23.8 Å². The molecule has 3 N–H and O–H groups in total. The first-order valence-corrected chi connectivity index (χ1v) is 9.08. The summed E-state index contributed by atoms with van der Waals surface area (Å²) in [7, 11) is 0. The lowest BCUT2D eigenvalue weighted by molar-refractivity contribution is -0.255. The van der Waals surface area contributed by atoms with Gasteiger partial charge in [-0.2, -0.15) is 0 Å². The number of benzene rings is 2. The Hall–Kier alpha value is -2.77. The van der Waals surface area contributed by atoms with Gasteiger partial charge in [0.05, 0.1) is 22.2 Å². The maximum atomic E-state index is 12.5. The fourth-order valence-corrected chi connectivity index (χ4v) is 2.86. The molecule has 0 spiro atoms. The molecule has 9 heteroatoms. The first kappa shape index (κ1) is 21.5. The fourth-order valence-electron chi connectivity index (χ4n) is 2.36. The molecule has 0 aromatic heterocycles. The van der Waals surface area contributed by atoms with E-state index in [4.69, 9.17) is 23.2 Å². The zero-order valence-corrected chi connectivity index (χ0v) is 16.6. The number of carboxylic acid groups (broad SMARTS) is 1. The molecule has 148 valence electrons. The summed E-state index contributed by atoms with van der Waals surface area (Å²) in [6.07, 6.45) is 0. The molecule has 2 aromatic carbocycles. The minimum absolute atomic E-state index is 0.0367. The van der Waals surface area contributed by atoms with Crippen LogP contribution in [0.5, 0.6) is 0 Å². The first-order valence-electron chi connectivity index (χ1n) is 8.32. The standard InChI is InChI=1S/C19H19Cl2N3O4/c1-10(2)16(22-17(25)14-7-6-12(20)9-15(14)21)18(26)24-23-13-5-3-4-11(8-13)19(27)28/h3-10,16,23H,1-2H3,(H,22,25)(H,24,26)(H,27,28)/p-1/t16-/m0/s1. The van der Waals surface area contributed by atoms with Crippen LogP contribution in [-0.2, 0) is 4.79 Å². The molecule has 0 saturated carbocycles. The van der Waals surface area contributed by atoms with Crippen LogP contribution in [0.2, 0.25) is 10.0 Å². The Bertz CT molecular complexity index is 902. The second-order valence-electron chi connectivity index (χ2n) is 6.30. The predicted octanol–water partition coefficient (Wildman–Crippen LogP) is 2.25. The molecule has 0 heterocycles. The minimum Gasteiger partial charge on any atom is -0.545 e. The van der Waals surface area contributed by atoms with E-state index < -0.39 is 23.8 Å². The number of hydrazine groups is 1. The number of carboxylic acids is 1. The average Bonchev–Trinajstić information content (AvgIpc) is 2.63. The smallest absolute Gasteiger partial charge is 0.261 e. The number of hydrogen-bond acceptors (Lipinski definition) is 5. The van der Waals surface area contributed by atoms with Crippen LogP contribution < -0.4 is 21.3 Å². The highest BCUT2D eigenvalue weighted by atomic mass is 35.5. The maximum Gasteiger partial charge on any atom is 0.261 e. The highest BCUT2D eigenvalue weighted by Gasteiger charge is 2.25. The summed E-state index contributed by atoms with van der Waals surface area (Å²) in [5.41, 5.74) is 5.59. The SMILES string of the molecule is CC(C)[C@H](NC(=O)c1ccc(Cl)cc1Cl)C(=O)NNc1cccc(C(=O)[O-])c1. The third-order valence-electron chi connectivity index (χ3n) is 3.84. The minimum atomic E-state index is -1.33. The van der Waals surface area contributed by atoms with Gasteiger partial charge in [0.1, 0.15) is 6.04 Å². The highest BCUT2D eigenvalue weighted by Crippen LogP contribution is 2.21. The number of halogens is 2. The van der Waals surface area contributed by atoms with E-state index in [0.29, 0.717) is 10.7 Å². The van der Waals surface area contributed by atoms with Gasteiger partial charge in [-0.3, -0.25) is 20.4 Å². The molecule has 0 aliphatic carbocycles. The van der Waals surface area contributed by atoms with E-state index in [1.807, 2.05) is 0 Å².